The predicted molar refractivity (Wildman–Crippen MR) is 365 cm³/mol. The van der Waals surface area contributed by atoms with E-state index in [-0.39, 0.29) is 62.2 Å². The monoisotopic (exact) mass is 1390 g/mol. The van der Waals surface area contributed by atoms with Gasteiger partial charge in [0.1, 0.15) is 72.6 Å². The molecule has 0 aliphatic carbocycles. The first-order valence-electron chi connectivity index (χ1n) is 33.9. The zero-order chi connectivity index (χ0) is 75.8. The number of nitrogens with two attached hydrogens (primary N) is 1. The fraction of sp³-hybridized carbons (Fsp3) is 0.765. The smallest absolute Gasteiger partial charge is 0.480 e. The molecule has 0 aromatic rings. The van der Waals surface area contributed by atoms with Gasteiger partial charge in [-0.1, -0.05) is 109 Å². The Kier molecular flexibility index (Phi) is 36.7. The molecule has 1 saturated heterocycles. The van der Waals surface area contributed by atoms with Crippen molar-refractivity contribution in [2.24, 2.45) is 47.2 Å². The summed E-state index contributed by atoms with van der Waals surface area (Å²) in [7, 11) is 9.45. The number of carboxylic acid groups (broad SMARTS) is 1. The molecule has 7 N–H and O–H groups in total. The Morgan fingerprint density at radius 2 is 0.980 bits per heavy atom. The van der Waals surface area contributed by atoms with Gasteiger partial charge in [-0.3, -0.25) is 62.3 Å². The van der Waals surface area contributed by atoms with Crippen LogP contribution in [0, 0.1) is 41.4 Å². The maximum atomic E-state index is 15.6. The van der Waals surface area contributed by atoms with Gasteiger partial charge < -0.3 is 80.6 Å². The van der Waals surface area contributed by atoms with Gasteiger partial charge in [0.25, 0.3) is 0 Å². The summed E-state index contributed by atoms with van der Waals surface area (Å²) >= 11 is 0. The zero-order valence-corrected chi connectivity index (χ0v) is 62.6. The lowest BCUT2D eigenvalue weighted by Crippen LogP contribution is -2.64. The number of carbonyl (C=O) groups is 14. The molecule has 0 spiro atoms. The summed E-state index contributed by atoms with van der Waals surface area (Å²) in [4.78, 5) is 208. The van der Waals surface area contributed by atoms with Crippen LogP contribution in [-0.2, 0) is 76.5 Å². The largest absolute Gasteiger partial charge is 0.511 e. The van der Waals surface area contributed by atoms with Crippen molar-refractivity contribution in [3.05, 3.63) is 12.2 Å². The van der Waals surface area contributed by atoms with Crippen LogP contribution in [0.3, 0.4) is 0 Å². The lowest BCUT2D eigenvalue weighted by molar-refractivity contribution is -0.160. The third-order valence-electron chi connectivity index (χ3n) is 17.4. The number of nitrogens with one attached hydrogen (secondary N) is 4. The molecule has 1 rings (SSSR count). The van der Waals surface area contributed by atoms with Crippen LogP contribution < -0.4 is 27.0 Å². The van der Waals surface area contributed by atoms with Crippen molar-refractivity contribution in [1.82, 2.24) is 55.6 Å². The highest BCUT2D eigenvalue weighted by Crippen LogP contribution is 2.27. The second-order valence-corrected chi connectivity index (χ2v) is 28.4. The first kappa shape index (κ1) is 88.1. The van der Waals surface area contributed by atoms with Crippen molar-refractivity contribution < 1.29 is 86.4 Å². The molecule has 0 saturated carbocycles. The number of nitrogens with zero attached hydrogens (tertiary/aromatic N) is 7. The van der Waals surface area contributed by atoms with Crippen LogP contribution in [0.1, 0.15) is 163 Å². The van der Waals surface area contributed by atoms with Crippen molar-refractivity contribution in [2.75, 3.05) is 62.7 Å². The summed E-state index contributed by atoms with van der Waals surface area (Å²) in [6, 6.07) is -15.1. The Hall–Kier alpha value is -7.92. The summed E-state index contributed by atoms with van der Waals surface area (Å²) in [5.41, 5.74) is 5.47. The number of amides is 11. The zero-order valence-electron chi connectivity index (χ0n) is 62.6. The van der Waals surface area contributed by atoms with Gasteiger partial charge >= 0.3 is 18.1 Å². The van der Waals surface area contributed by atoms with E-state index in [4.69, 9.17) is 19.9 Å². The van der Waals surface area contributed by atoms with Crippen LogP contribution in [-0.4, -0.2) is 258 Å². The van der Waals surface area contributed by atoms with Gasteiger partial charge in [-0.15, -0.1) is 0 Å². The number of allylic oxidation sites excluding steroid dienone is 2. The molecule has 0 radical (unpaired) electrons. The molecular formula is C68H118N12O18. The summed E-state index contributed by atoms with van der Waals surface area (Å²) in [6.45, 7) is 27.2. The quantitative estimate of drug-likeness (QED) is 0.0546. The molecule has 30 nitrogen and oxygen atoms in total. The second-order valence-electron chi connectivity index (χ2n) is 28.4. The Labute approximate surface area is 580 Å². The third kappa shape index (κ3) is 26.1. The second kappa shape index (κ2) is 40.8. The van der Waals surface area contributed by atoms with Crippen LogP contribution >= 0.6 is 0 Å². The average molecular weight is 1390 g/mol. The number of ether oxygens (including phenoxy) is 3. The standard InChI is InChI=1S/C68H118N12O18/c1-25-27-28-42(15)56(98-68(95)97-35-96-52(82)33-45(69)67(93)94)55-60(86)72-46(26-2)62(88)74(18)34-51(81)75(19)47(29-36(3)4)59(85)73-53(40(11)12)65(91)76(20)48(30-37(5)6)58(84)70-43(16)57(83)71-44(17)61(87)77(21)49(31-38(7)8)63(89)78(22)50(32-39(9)10)64(90)79(23)54(41(13)14)66(92)80(55)24/h25,27,36-50,53-56H,26,28-35,69H2,1-24H3,(H,70,84)(H,71,83)(H,72,86)(H,73,85)(H,93,94)/t42-,43?,44?,45-,46?,47+,48?,49?,50?,53?,54?,55?,56?/m1/s1. The first-order valence-corrected chi connectivity index (χ1v) is 33.9. The van der Waals surface area contributed by atoms with Gasteiger partial charge in [-0.05, 0) is 101 Å². The van der Waals surface area contributed by atoms with E-state index in [9.17, 15) is 53.1 Å². The van der Waals surface area contributed by atoms with Crippen molar-refractivity contribution in [2.45, 2.75) is 235 Å². The predicted octanol–water partition coefficient (Wildman–Crippen LogP) is 2.73. The van der Waals surface area contributed by atoms with E-state index in [1.165, 1.54) is 77.9 Å². The highest BCUT2D eigenvalue weighted by atomic mass is 16.8. The molecule has 0 bridgehead atoms. The van der Waals surface area contributed by atoms with E-state index in [0.717, 1.165) is 19.6 Å². The minimum absolute atomic E-state index is 0.0478. The van der Waals surface area contributed by atoms with Gasteiger partial charge in [0.2, 0.25) is 71.8 Å². The number of esters is 1. The van der Waals surface area contributed by atoms with Crippen LogP contribution in [0.15, 0.2) is 12.2 Å². The fourth-order valence-corrected chi connectivity index (χ4v) is 11.5. The van der Waals surface area contributed by atoms with Crippen molar-refractivity contribution in [3.8, 4) is 0 Å². The van der Waals surface area contributed by atoms with Gasteiger partial charge in [-0.25, -0.2) is 4.79 Å². The number of hydrogen-bond donors (Lipinski definition) is 6. The minimum atomic E-state index is -1.89. The number of rotatable bonds is 21. The van der Waals surface area contributed by atoms with E-state index in [1.807, 2.05) is 55.4 Å². The van der Waals surface area contributed by atoms with Crippen molar-refractivity contribution in [3.63, 3.8) is 0 Å². The SMILES string of the molecule is CC=CC[C@@H](C)C(OC(=O)OCOC(=O)C[C@@H](N)C(=O)O)C1C(=O)NC(CC)C(=O)N(C)CC(=O)N(C)[C@@H](CC(C)C)C(=O)NC(C(C)C)C(=O)N(C)C(CC(C)C)C(=O)NC(C)C(=O)NC(C)C(=O)N(C)C(CC(C)C)C(=O)N(C)C(CC(C)C)C(=O)N(C)C(C(C)C)C(=O)N1C. The molecular weight excluding hydrogens is 1270 g/mol. The topological polar surface area (TPSA) is 384 Å². The van der Waals surface area contributed by atoms with Crippen molar-refractivity contribution in [1.29, 1.82) is 0 Å². The van der Waals surface area contributed by atoms with Crippen LogP contribution in [0.4, 0.5) is 4.79 Å². The third-order valence-corrected chi connectivity index (χ3v) is 17.4. The Bertz CT molecular complexity index is 2790. The summed E-state index contributed by atoms with van der Waals surface area (Å²) < 4.78 is 15.9. The Morgan fingerprint density at radius 3 is 1.45 bits per heavy atom. The molecule has 30 heteroatoms. The van der Waals surface area contributed by atoms with Gasteiger partial charge in [0.05, 0.1) is 13.0 Å². The van der Waals surface area contributed by atoms with Crippen LogP contribution in [0.25, 0.3) is 0 Å². The van der Waals surface area contributed by atoms with Gasteiger partial charge in [0.15, 0.2) is 0 Å². The summed E-state index contributed by atoms with van der Waals surface area (Å²) in [5.74, 6) is -14.1. The molecule has 0 aromatic carbocycles. The van der Waals surface area contributed by atoms with Crippen LogP contribution in [0.2, 0.25) is 0 Å². The fourth-order valence-electron chi connectivity index (χ4n) is 11.5. The Morgan fingerprint density at radius 1 is 0.531 bits per heavy atom. The molecule has 1 aliphatic rings. The number of likely N-dealkylation sites (N-methyl/N-ethyl adjacent to an activating group) is 7. The van der Waals surface area contributed by atoms with Gasteiger partial charge in [-0.2, -0.15) is 0 Å². The Balaban J connectivity index is 4.53. The number of carboxylic acids is 1. The number of aliphatic carboxylic acids is 1. The molecule has 98 heavy (non-hydrogen) atoms. The lowest BCUT2D eigenvalue weighted by atomic mass is 9.91. The normalized spacial score (nSPS) is 25.0. The molecule has 1 aliphatic heterocycles. The minimum Gasteiger partial charge on any atom is -0.480 e. The lowest BCUT2D eigenvalue weighted by Gasteiger charge is -2.42. The number of hydrogen-bond acceptors (Lipinski definition) is 18. The van der Waals surface area contributed by atoms with E-state index in [0.29, 0.717) is 0 Å². The molecule has 1 heterocycles. The number of carbonyl (C=O) groups excluding carboxylic acids is 13. The molecule has 11 amide bonds. The highest BCUT2D eigenvalue weighted by Gasteiger charge is 2.47. The van der Waals surface area contributed by atoms with Crippen molar-refractivity contribution >= 4 is 83.1 Å². The molecule has 0 aromatic heterocycles. The average Bonchev–Trinajstić information content (AvgIpc) is 0.801. The van der Waals surface area contributed by atoms with E-state index < -0.39 is 193 Å². The molecule has 1 fully saturated rings. The maximum Gasteiger partial charge on any atom is 0.511 e. The maximum absolute atomic E-state index is 15.6. The molecule has 558 valence electrons. The van der Waals surface area contributed by atoms with Crippen LogP contribution in [0.5, 0.6) is 0 Å². The molecule has 13 atom stereocenters. The van der Waals surface area contributed by atoms with E-state index in [1.54, 1.807) is 60.6 Å². The molecule has 10 unspecified atom stereocenters. The highest BCUT2D eigenvalue weighted by molar-refractivity contribution is 6.00. The van der Waals surface area contributed by atoms with Gasteiger partial charge in [0, 0.05) is 49.3 Å². The summed E-state index contributed by atoms with van der Waals surface area (Å²) in [5, 5.41) is 20.1. The summed E-state index contributed by atoms with van der Waals surface area (Å²) in [6.07, 6.45) is -0.319. The van der Waals surface area contributed by atoms with E-state index in [2.05, 4.69) is 21.3 Å². The first-order chi connectivity index (χ1) is 45.3. The van der Waals surface area contributed by atoms with E-state index >= 15 is 19.2 Å².